The van der Waals surface area contributed by atoms with Gasteiger partial charge in [-0.2, -0.15) is 0 Å². The fourth-order valence-corrected chi connectivity index (χ4v) is 2.38. The Morgan fingerprint density at radius 1 is 1.12 bits per heavy atom. The third-order valence-corrected chi connectivity index (χ3v) is 3.65. The Balaban J connectivity index is 1.77. The standard InChI is InChI=1S/C12H20N2O3/c15-11(16)9-3-1-2-4-10(9)14-12(17)13-7-8-5-6-8/h8-10H,1-7H2,(H,15,16)(H2,13,14,17). The molecule has 2 fully saturated rings. The van der Waals surface area contributed by atoms with Gasteiger partial charge in [-0.15, -0.1) is 0 Å². The van der Waals surface area contributed by atoms with Crippen LogP contribution in [0.3, 0.4) is 0 Å². The van der Waals surface area contributed by atoms with E-state index < -0.39 is 11.9 Å². The number of carboxylic acid groups (broad SMARTS) is 1. The van der Waals surface area contributed by atoms with E-state index in [1.165, 1.54) is 12.8 Å². The molecule has 2 amide bonds. The van der Waals surface area contributed by atoms with Crippen LogP contribution in [0.4, 0.5) is 4.79 Å². The van der Waals surface area contributed by atoms with Gasteiger partial charge in [0.2, 0.25) is 0 Å². The lowest BCUT2D eigenvalue weighted by Gasteiger charge is -2.29. The molecule has 17 heavy (non-hydrogen) atoms. The number of hydrogen-bond acceptors (Lipinski definition) is 2. The number of hydrogen-bond donors (Lipinski definition) is 3. The molecule has 2 rings (SSSR count). The summed E-state index contributed by atoms with van der Waals surface area (Å²) in [5.41, 5.74) is 0. The molecule has 2 aliphatic rings. The van der Waals surface area contributed by atoms with E-state index in [9.17, 15) is 9.59 Å². The molecule has 5 heteroatoms. The van der Waals surface area contributed by atoms with Gasteiger partial charge in [-0.25, -0.2) is 4.79 Å². The Kier molecular flexibility index (Phi) is 3.86. The van der Waals surface area contributed by atoms with Crippen LogP contribution in [-0.4, -0.2) is 29.7 Å². The Bertz CT molecular complexity index is 302. The van der Waals surface area contributed by atoms with Gasteiger partial charge < -0.3 is 15.7 Å². The van der Waals surface area contributed by atoms with Crippen LogP contribution >= 0.6 is 0 Å². The van der Waals surface area contributed by atoms with E-state index in [0.717, 1.165) is 25.8 Å². The van der Waals surface area contributed by atoms with E-state index in [0.29, 0.717) is 12.3 Å². The summed E-state index contributed by atoms with van der Waals surface area (Å²) >= 11 is 0. The van der Waals surface area contributed by atoms with Crippen LogP contribution in [0, 0.1) is 11.8 Å². The van der Waals surface area contributed by atoms with Crippen LogP contribution in [0.2, 0.25) is 0 Å². The highest BCUT2D eigenvalue weighted by molar-refractivity contribution is 5.76. The second-order valence-electron chi connectivity index (χ2n) is 5.13. The number of aliphatic carboxylic acids is 1. The fraction of sp³-hybridized carbons (Fsp3) is 0.833. The van der Waals surface area contributed by atoms with Crippen molar-refractivity contribution in [2.75, 3.05) is 6.54 Å². The zero-order valence-electron chi connectivity index (χ0n) is 9.95. The number of nitrogens with one attached hydrogen (secondary N) is 2. The summed E-state index contributed by atoms with van der Waals surface area (Å²) < 4.78 is 0. The molecule has 0 aliphatic heterocycles. The first-order chi connectivity index (χ1) is 8.16. The van der Waals surface area contributed by atoms with Crippen LogP contribution in [-0.2, 0) is 4.79 Å². The molecule has 0 heterocycles. The van der Waals surface area contributed by atoms with Crippen LogP contribution < -0.4 is 10.6 Å². The SMILES string of the molecule is O=C(NCC1CC1)NC1CCCCC1C(=O)O. The van der Waals surface area contributed by atoms with Gasteiger partial charge in [-0.3, -0.25) is 4.79 Å². The highest BCUT2D eigenvalue weighted by Crippen LogP contribution is 2.27. The Morgan fingerprint density at radius 2 is 1.82 bits per heavy atom. The second kappa shape index (κ2) is 5.38. The molecule has 5 nitrogen and oxygen atoms in total. The Labute approximate surface area is 101 Å². The average molecular weight is 240 g/mol. The van der Waals surface area contributed by atoms with Gasteiger partial charge in [0, 0.05) is 12.6 Å². The monoisotopic (exact) mass is 240 g/mol. The largest absolute Gasteiger partial charge is 0.481 e. The molecular formula is C12H20N2O3. The first kappa shape index (κ1) is 12.2. The lowest BCUT2D eigenvalue weighted by atomic mass is 9.84. The van der Waals surface area contributed by atoms with Gasteiger partial charge in [-0.1, -0.05) is 12.8 Å². The molecule has 0 aromatic carbocycles. The van der Waals surface area contributed by atoms with E-state index in [-0.39, 0.29) is 12.1 Å². The van der Waals surface area contributed by atoms with Crippen molar-refractivity contribution < 1.29 is 14.7 Å². The molecule has 2 atom stereocenters. The molecule has 0 aromatic heterocycles. The Morgan fingerprint density at radius 3 is 2.47 bits per heavy atom. The first-order valence-corrected chi connectivity index (χ1v) is 6.44. The molecule has 2 unspecified atom stereocenters. The molecule has 96 valence electrons. The van der Waals surface area contributed by atoms with Crippen LogP contribution in [0.25, 0.3) is 0 Å². The maximum Gasteiger partial charge on any atom is 0.315 e. The highest BCUT2D eigenvalue weighted by Gasteiger charge is 2.32. The smallest absolute Gasteiger partial charge is 0.315 e. The van der Waals surface area contributed by atoms with E-state index in [1.807, 2.05) is 0 Å². The normalized spacial score (nSPS) is 28.5. The van der Waals surface area contributed by atoms with Crippen molar-refractivity contribution >= 4 is 12.0 Å². The topological polar surface area (TPSA) is 78.4 Å². The lowest BCUT2D eigenvalue weighted by Crippen LogP contribution is -2.49. The molecule has 0 radical (unpaired) electrons. The summed E-state index contributed by atoms with van der Waals surface area (Å²) in [4.78, 5) is 22.6. The number of carbonyl (C=O) groups is 2. The quantitative estimate of drug-likeness (QED) is 0.694. The molecule has 2 saturated carbocycles. The van der Waals surface area contributed by atoms with E-state index >= 15 is 0 Å². The third kappa shape index (κ3) is 3.61. The average Bonchev–Trinajstić information content (AvgIpc) is 3.10. The number of carboxylic acids is 1. The van der Waals surface area contributed by atoms with Crippen LogP contribution in [0.5, 0.6) is 0 Å². The zero-order chi connectivity index (χ0) is 12.3. The predicted molar refractivity (Wildman–Crippen MR) is 62.6 cm³/mol. The minimum atomic E-state index is -0.794. The van der Waals surface area contributed by atoms with Crippen molar-refractivity contribution in [3.8, 4) is 0 Å². The van der Waals surface area contributed by atoms with Crippen molar-refractivity contribution in [1.29, 1.82) is 0 Å². The molecule has 2 aliphatic carbocycles. The van der Waals surface area contributed by atoms with Gasteiger partial charge in [0.05, 0.1) is 5.92 Å². The number of urea groups is 1. The summed E-state index contributed by atoms with van der Waals surface area (Å²) in [5, 5.41) is 14.7. The summed E-state index contributed by atoms with van der Waals surface area (Å²) in [7, 11) is 0. The number of carbonyl (C=O) groups excluding carboxylic acids is 1. The zero-order valence-corrected chi connectivity index (χ0v) is 9.95. The van der Waals surface area contributed by atoms with Gasteiger partial charge in [0.15, 0.2) is 0 Å². The van der Waals surface area contributed by atoms with Gasteiger partial charge in [-0.05, 0) is 31.6 Å². The molecule has 0 saturated heterocycles. The summed E-state index contributed by atoms with van der Waals surface area (Å²) in [6.45, 7) is 0.719. The maximum absolute atomic E-state index is 11.6. The fourth-order valence-electron chi connectivity index (χ4n) is 2.38. The van der Waals surface area contributed by atoms with Crippen molar-refractivity contribution in [1.82, 2.24) is 10.6 Å². The van der Waals surface area contributed by atoms with Crippen molar-refractivity contribution in [3.63, 3.8) is 0 Å². The maximum atomic E-state index is 11.6. The minimum Gasteiger partial charge on any atom is -0.481 e. The molecule has 0 spiro atoms. The van der Waals surface area contributed by atoms with Crippen molar-refractivity contribution in [2.45, 2.75) is 44.6 Å². The minimum absolute atomic E-state index is 0.208. The van der Waals surface area contributed by atoms with Crippen LogP contribution in [0.1, 0.15) is 38.5 Å². The van der Waals surface area contributed by atoms with E-state index in [1.54, 1.807) is 0 Å². The van der Waals surface area contributed by atoms with E-state index in [2.05, 4.69) is 10.6 Å². The molecule has 3 N–H and O–H groups in total. The first-order valence-electron chi connectivity index (χ1n) is 6.44. The number of rotatable bonds is 4. The second-order valence-corrected chi connectivity index (χ2v) is 5.13. The highest BCUT2D eigenvalue weighted by atomic mass is 16.4. The lowest BCUT2D eigenvalue weighted by molar-refractivity contribution is -0.143. The predicted octanol–water partition coefficient (Wildman–Crippen LogP) is 1.34. The summed E-state index contributed by atoms with van der Waals surface area (Å²) in [5.74, 6) is -0.574. The van der Waals surface area contributed by atoms with Gasteiger partial charge >= 0.3 is 12.0 Å². The van der Waals surface area contributed by atoms with Crippen LogP contribution in [0.15, 0.2) is 0 Å². The van der Waals surface area contributed by atoms with Crippen molar-refractivity contribution in [2.24, 2.45) is 11.8 Å². The van der Waals surface area contributed by atoms with Gasteiger partial charge in [0.25, 0.3) is 0 Å². The molecule has 0 bridgehead atoms. The van der Waals surface area contributed by atoms with Gasteiger partial charge in [0.1, 0.15) is 0 Å². The Hall–Kier alpha value is -1.26. The number of amides is 2. The molecule has 0 aromatic rings. The molecular weight excluding hydrogens is 220 g/mol. The summed E-state index contributed by atoms with van der Waals surface area (Å²) in [6, 6.07) is -0.421. The summed E-state index contributed by atoms with van der Waals surface area (Å²) in [6.07, 6.45) is 5.77. The van der Waals surface area contributed by atoms with Crippen molar-refractivity contribution in [3.05, 3.63) is 0 Å². The van der Waals surface area contributed by atoms with E-state index in [4.69, 9.17) is 5.11 Å². The third-order valence-electron chi connectivity index (χ3n) is 3.65.